The first kappa shape index (κ1) is 16.1. The van der Waals surface area contributed by atoms with E-state index in [1.54, 1.807) is 11.1 Å². The molecule has 0 heterocycles. The second-order valence-electron chi connectivity index (χ2n) is 9.84. The first-order valence-corrected chi connectivity index (χ1v) is 10.5. The van der Waals surface area contributed by atoms with Gasteiger partial charge in [0.1, 0.15) is 0 Å². The fourth-order valence-corrected chi connectivity index (χ4v) is 7.37. The van der Waals surface area contributed by atoms with Gasteiger partial charge in [-0.1, -0.05) is 49.8 Å². The van der Waals surface area contributed by atoms with Gasteiger partial charge in [-0.05, 0) is 91.1 Å². The molecule has 3 saturated carbocycles. The molecule has 0 aliphatic heterocycles. The van der Waals surface area contributed by atoms with Crippen molar-refractivity contribution in [1.29, 1.82) is 0 Å². The SMILES string of the molecule is C[C@]12CC[C@H]3[C@@H](CCC4=CC(=C5C=CC=C5)CC[C@@]43C)[C@@H]1CC[C@@H]2O. The average molecular weight is 337 g/mol. The van der Waals surface area contributed by atoms with E-state index in [0.717, 1.165) is 24.2 Å². The van der Waals surface area contributed by atoms with Gasteiger partial charge >= 0.3 is 0 Å². The predicted octanol–water partition coefficient (Wildman–Crippen LogP) is 5.73. The molecule has 0 saturated heterocycles. The number of aliphatic hydroxyl groups is 1. The molecule has 134 valence electrons. The first-order valence-electron chi connectivity index (χ1n) is 10.5. The molecular weight excluding hydrogens is 304 g/mol. The third-order valence-corrected chi connectivity index (χ3v) is 8.98. The Balaban J connectivity index is 1.48. The van der Waals surface area contributed by atoms with Crippen molar-refractivity contribution in [2.75, 3.05) is 0 Å². The van der Waals surface area contributed by atoms with Gasteiger partial charge < -0.3 is 5.11 Å². The molecule has 5 aliphatic carbocycles. The number of hydrogen-bond acceptors (Lipinski definition) is 1. The number of fused-ring (bicyclic) bond motifs is 5. The Morgan fingerprint density at radius 1 is 0.920 bits per heavy atom. The van der Waals surface area contributed by atoms with Crippen molar-refractivity contribution in [2.24, 2.45) is 28.6 Å². The summed E-state index contributed by atoms with van der Waals surface area (Å²) in [5.74, 6) is 2.45. The molecule has 3 fully saturated rings. The highest BCUT2D eigenvalue weighted by Crippen LogP contribution is 2.65. The standard InChI is InChI=1S/C24H32O/c1-23-13-11-17(16-5-3-4-6-16)15-18(23)7-8-19-20-9-10-22(25)24(20,2)14-12-21(19)23/h3-6,15,19-22,25H,7-14H2,1-2H3/t19-,20-,21-,22-,23-,24-/m0/s1. The van der Waals surface area contributed by atoms with Crippen LogP contribution in [0, 0.1) is 28.6 Å². The summed E-state index contributed by atoms with van der Waals surface area (Å²) in [4.78, 5) is 0. The summed E-state index contributed by atoms with van der Waals surface area (Å²) in [6.07, 6.45) is 21.5. The van der Waals surface area contributed by atoms with Crippen LogP contribution in [0.5, 0.6) is 0 Å². The summed E-state index contributed by atoms with van der Waals surface area (Å²) < 4.78 is 0. The summed E-state index contributed by atoms with van der Waals surface area (Å²) in [6.45, 7) is 4.97. The van der Waals surface area contributed by atoms with Crippen molar-refractivity contribution < 1.29 is 5.11 Å². The Labute approximate surface area is 152 Å². The van der Waals surface area contributed by atoms with Crippen molar-refractivity contribution in [1.82, 2.24) is 0 Å². The highest BCUT2D eigenvalue weighted by atomic mass is 16.3. The van der Waals surface area contributed by atoms with E-state index < -0.39 is 0 Å². The molecule has 0 radical (unpaired) electrons. The monoisotopic (exact) mass is 336 g/mol. The van der Waals surface area contributed by atoms with Crippen LogP contribution >= 0.6 is 0 Å². The van der Waals surface area contributed by atoms with Crippen LogP contribution < -0.4 is 0 Å². The largest absolute Gasteiger partial charge is 0.393 e. The predicted molar refractivity (Wildman–Crippen MR) is 103 cm³/mol. The first-order chi connectivity index (χ1) is 12.0. The number of rotatable bonds is 0. The Morgan fingerprint density at radius 3 is 2.52 bits per heavy atom. The summed E-state index contributed by atoms with van der Waals surface area (Å²) in [5.41, 5.74) is 5.35. The lowest BCUT2D eigenvalue weighted by atomic mass is 9.47. The molecule has 1 nitrogen and oxygen atoms in total. The van der Waals surface area contributed by atoms with Crippen molar-refractivity contribution in [3.05, 3.63) is 47.1 Å². The molecule has 0 bridgehead atoms. The molecule has 0 aromatic carbocycles. The van der Waals surface area contributed by atoms with E-state index in [-0.39, 0.29) is 11.5 Å². The van der Waals surface area contributed by atoms with E-state index in [1.807, 2.05) is 0 Å². The van der Waals surface area contributed by atoms with Crippen LogP contribution in [0.15, 0.2) is 47.1 Å². The molecule has 1 heteroatoms. The lowest BCUT2D eigenvalue weighted by Gasteiger charge is -2.58. The Hall–Kier alpha value is -1.08. The summed E-state index contributed by atoms with van der Waals surface area (Å²) in [7, 11) is 0. The zero-order valence-electron chi connectivity index (χ0n) is 15.8. The highest BCUT2D eigenvalue weighted by molar-refractivity contribution is 5.49. The zero-order valence-corrected chi connectivity index (χ0v) is 15.8. The lowest BCUT2D eigenvalue weighted by Crippen LogP contribution is -2.50. The lowest BCUT2D eigenvalue weighted by molar-refractivity contribution is -0.0727. The minimum atomic E-state index is -0.0492. The van der Waals surface area contributed by atoms with Gasteiger partial charge in [0.05, 0.1) is 6.10 Å². The molecule has 0 unspecified atom stereocenters. The van der Waals surface area contributed by atoms with Gasteiger partial charge in [0.2, 0.25) is 0 Å². The van der Waals surface area contributed by atoms with Crippen molar-refractivity contribution in [3.63, 3.8) is 0 Å². The molecule has 0 aromatic rings. The average Bonchev–Trinajstić information content (AvgIpc) is 3.23. The van der Waals surface area contributed by atoms with E-state index in [4.69, 9.17) is 0 Å². The molecule has 6 atom stereocenters. The minimum absolute atomic E-state index is 0.0492. The quantitative estimate of drug-likeness (QED) is 0.598. The minimum Gasteiger partial charge on any atom is -0.393 e. The summed E-state index contributed by atoms with van der Waals surface area (Å²) in [5, 5.41) is 10.6. The maximum atomic E-state index is 10.6. The van der Waals surface area contributed by atoms with Gasteiger partial charge in [0.25, 0.3) is 0 Å². The molecule has 1 N–H and O–H groups in total. The van der Waals surface area contributed by atoms with Gasteiger partial charge in [0.15, 0.2) is 0 Å². The van der Waals surface area contributed by atoms with Crippen molar-refractivity contribution in [3.8, 4) is 0 Å². The van der Waals surface area contributed by atoms with E-state index in [0.29, 0.717) is 5.41 Å². The second kappa shape index (κ2) is 5.46. The number of allylic oxidation sites excluding steroid dienone is 8. The highest BCUT2D eigenvalue weighted by Gasteiger charge is 2.58. The van der Waals surface area contributed by atoms with Crippen LogP contribution in [0.25, 0.3) is 0 Å². The van der Waals surface area contributed by atoms with E-state index in [2.05, 4.69) is 44.2 Å². The fourth-order valence-electron chi connectivity index (χ4n) is 7.37. The zero-order chi connectivity index (χ0) is 17.2. The van der Waals surface area contributed by atoms with Gasteiger partial charge in [-0.3, -0.25) is 0 Å². The Kier molecular flexibility index (Phi) is 3.52. The van der Waals surface area contributed by atoms with Gasteiger partial charge in [-0.2, -0.15) is 0 Å². The van der Waals surface area contributed by atoms with Crippen LogP contribution in [-0.2, 0) is 0 Å². The third kappa shape index (κ3) is 2.17. The number of hydrogen-bond donors (Lipinski definition) is 1. The summed E-state index contributed by atoms with van der Waals surface area (Å²) >= 11 is 0. The maximum absolute atomic E-state index is 10.6. The van der Waals surface area contributed by atoms with Gasteiger partial charge in [-0.25, -0.2) is 0 Å². The smallest absolute Gasteiger partial charge is 0.0596 e. The molecule has 0 aromatic heterocycles. The molecule has 0 spiro atoms. The Morgan fingerprint density at radius 2 is 1.72 bits per heavy atom. The topological polar surface area (TPSA) is 20.2 Å². The molecule has 5 aliphatic rings. The van der Waals surface area contributed by atoms with Gasteiger partial charge in [0, 0.05) is 0 Å². The normalized spacial score (nSPS) is 48.2. The molecule has 5 rings (SSSR count). The van der Waals surface area contributed by atoms with E-state index in [1.165, 1.54) is 50.5 Å². The van der Waals surface area contributed by atoms with Crippen LogP contribution in [0.3, 0.4) is 0 Å². The number of aliphatic hydroxyl groups excluding tert-OH is 1. The van der Waals surface area contributed by atoms with Crippen molar-refractivity contribution >= 4 is 0 Å². The van der Waals surface area contributed by atoms with E-state index >= 15 is 0 Å². The summed E-state index contributed by atoms with van der Waals surface area (Å²) in [6, 6.07) is 0. The van der Waals surface area contributed by atoms with Gasteiger partial charge in [-0.15, -0.1) is 0 Å². The van der Waals surface area contributed by atoms with Crippen LogP contribution in [0.4, 0.5) is 0 Å². The van der Waals surface area contributed by atoms with E-state index in [9.17, 15) is 5.11 Å². The third-order valence-electron chi connectivity index (χ3n) is 8.98. The van der Waals surface area contributed by atoms with Crippen LogP contribution in [0.2, 0.25) is 0 Å². The molecule has 25 heavy (non-hydrogen) atoms. The fraction of sp³-hybridized carbons (Fsp3) is 0.667. The van der Waals surface area contributed by atoms with Crippen LogP contribution in [0.1, 0.15) is 65.2 Å². The second-order valence-corrected chi connectivity index (χ2v) is 9.84. The molecular formula is C24H32O. The van der Waals surface area contributed by atoms with Crippen molar-refractivity contribution in [2.45, 2.75) is 71.3 Å². The maximum Gasteiger partial charge on any atom is 0.0596 e. The molecule has 0 amide bonds. The van der Waals surface area contributed by atoms with Crippen LogP contribution in [-0.4, -0.2) is 11.2 Å². The Bertz CT molecular complexity index is 694.